The van der Waals surface area contributed by atoms with Gasteiger partial charge < -0.3 is 129 Å². The van der Waals surface area contributed by atoms with Crippen LogP contribution in [0.15, 0.2) is 127 Å². The fourth-order valence-electron chi connectivity index (χ4n) is 22.0. The van der Waals surface area contributed by atoms with Crippen LogP contribution in [0.4, 0.5) is 47.3 Å². The van der Waals surface area contributed by atoms with Gasteiger partial charge in [0, 0.05) is 179 Å². The van der Waals surface area contributed by atoms with Gasteiger partial charge >= 0.3 is 5.97 Å². The molecule has 0 aliphatic carbocycles. The van der Waals surface area contributed by atoms with Crippen LogP contribution in [0.1, 0.15) is 308 Å². The lowest BCUT2D eigenvalue weighted by atomic mass is 9.83. The molecule has 6 aromatic rings. The number of rotatable bonds is 40. The molecule has 26 heteroatoms. The van der Waals surface area contributed by atoms with Gasteiger partial charge in [-0.05, 0) is 140 Å². The lowest BCUT2D eigenvalue weighted by Gasteiger charge is -2.46. The van der Waals surface area contributed by atoms with Crippen molar-refractivity contribution < 1.29 is 136 Å². The fourth-order valence-corrected chi connectivity index (χ4v) is 22.0. The van der Waals surface area contributed by atoms with Crippen LogP contribution in [0.2, 0.25) is 0 Å². The van der Waals surface area contributed by atoms with E-state index < -0.39 is 0 Å². The number of aliphatic hydroxyl groups is 3. The van der Waals surface area contributed by atoms with Crippen LogP contribution in [0.25, 0.3) is 0 Å². The zero-order valence-corrected chi connectivity index (χ0v) is 88.5. The molecule has 0 radical (unpaired) electrons. The van der Waals surface area contributed by atoms with Crippen LogP contribution in [0.3, 0.4) is 0 Å². The molecule has 9 atom stereocenters. The number of fused-ring (bicyclic) bond motifs is 9. The highest BCUT2D eigenvalue weighted by Gasteiger charge is 2.53. The number of hydrogen-bond donors (Lipinski definition) is 4. The van der Waals surface area contributed by atoms with E-state index in [1.165, 1.54) is 190 Å². The molecule has 135 heavy (non-hydrogen) atoms. The number of likely N-dealkylation sites (N-methyl/N-ethyl adjacent to an activating group) is 3. The lowest BCUT2D eigenvalue weighted by Crippen LogP contribution is -3.00. The number of unbranched alkanes of at least 4 members (excludes halogenated alkanes) is 14. The Balaban J connectivity index is 0.000000231. The molecule has 3 saturated heterocycles. The quantitative estimate of drug-likeness (QED) is 0.00929. The van der Waals surface area contributed by atoms with Gasteiger partial charge in [-0.1, -0.05) is 174 Å². The zero-order chi connectivity index (χ0) is 95.1. The number of para-hydroxylation sites is 3. The molecule has 4 N–H and O–H groups in total. The number of esters is 1. The number of ketones is 4. The van der Waals surface area contributed by atoms with Gasteiger partial charge in [-0.25, -0.2) is 13.2 Å². The molecule has 750 valence electrons. The highest BCUT2D eigenvalue weighted by Crippen LogP contribution is 2.55. The molecular weight excluding hydrogens is 1960 g/mol. The molecule has 6 aromatic carbocycles. The summed E-state index contributed by atoms with van der Waals surface area (Å²) in [5, 5.41) is 33.9. The summed E-state index contributed by atoms with van der Waals surface area (Å²) in [6.07, 6.45) is 31.1. The molecule has 9 heterocycles. The molecule has 3 fully saturated rings. The van der Waals surface area contributed by atoms with E-state index in [-0.39, 0.29) is 139 Å². The minimum Gasteiger partial charge on any atom is -1.00 e. The Morgan fingerprint density at radius 1 is 0.422 bits per heavy atom. The number of carbonyl (C=O) groups is 6. The molecule has 20 nitrogen and oxygen atoms in total. The van der Waals surface area contributed by atoms with Gasteiger partial charge in [-0.15, -0.1) is 0 Å². The van der Waals surface area contributed by atoms with E-state index in [2.05, 4.69) is 138 Å². The van der Waals surface area contributed by atoms with Crippen molar-refractivity contribution in [3.05, 3.63) is 178 Å². The number of quaternary nitrogens is 3. The van der Waals surface area contributed by atoms with Gasteiger partial charge in [-0.2, -0.15) is 0 Å². The molecule has 0 spiro atoms. The maximum atomic E-state index is 13.1. The van der Waals surface area contributed by atoms with Crippen LogP contribution in [-0.4, -0.2) is 234 Å². The summed E-state index contributed by atoms with van der Waals surface area (Å²) in [6, 6.07) is 38.9. The van der Waals surface area contributed by atoms with Crippen molar-refractivity contribution in [3.63, 3.8) is 0 Å². The van der Waals surface area contributed by atoms with E-state index in [1.54, 1.807) is 50.2 Å². The molecule has 1 amide bonds. The first kappa shape index (κ1) is 115. The summed E-state index contributed by atoms with van der Waals surface area (Å²) in [5.74, 6) is 0.669. The number of nitrogens with zero attached hydrogens (tertiary/aromatic N) is 9. The smallest absolute Gasteiger partial charge is 0.302 e. The number of halogens is 6. The van der Waals surface area contributed by atoms with Crippen molar-refractivity contribution in [3.8, 4) is 0 Å². The SMILES string of the molecule is CCC(CC)OC(C)=O.CCCCCCCCCCCCCCC(C)(C)C(C)=O.CCCCCCNC(C)=O.CN1CCN2c3c(cccc31)[C@@H]1C[N+](CO)(CCCC(=O)c3ccc(F)cc3)CC[C@@H]12.CN1CCN2c3c(cccc31)[C@@H]1C[N+](CO)(CCCC(=O)c3ccc(F)cc3)CC[C@@H]12.CN1CCN2c3c(cccc31)[C@@H]1C[N+](CO)(CCCC(=O)c3ccc(F)cc3)CC[C@@H]12.[Cl-].[I-].[I-]. The molecule has 15 rings (SSSR count). The van der Waals surface area contributed by atoms with Crippen LogP contribution in [-0.2, 0) is 19.1 Å². The number of anilines is 6. The number of carbonyl (C=O) groups excluding carboxylic acids is 6. The average molecular weight is 2120 g/mol. The van der Waals surface area contributed by atoms with Crippen LogP contribution < -0.4 is 95.1 Å². The fraction of sp³-hybridized carbons (Fsp3) is 0.615. The van der Waals surface area contributed by atoms with Crippen molar-refractivity contribution in [1.82, 2.24) is 5.32 Å². The van der Waals surface area contributed by atoms with E-state index >= 15 is 0 Å². The lowest BCUT2D eigenvalue weighted by molar-refractivity contribution is -0.950. The van der Waals surface area contributed by atoms with E-state index in [4.69, 9.17) is 4.74 Å². The highest BCUT2D eigenvalue weighted by molar-refractivity contribution is 5.97. The zero-order valence-electron chi connectivity index (χ0n) is 83.4. The van der Waals surface area contributed by atoms with Crippen molar-refractivity contribution >= 4 is 69.1 Å². The third-order valence-corrected chi connectivity index (χ3v) is 30.3. The average Bonchev–Trinajstić information content (AvgIpc) is 1.58. The molecule has 0 aromatic heterocycles. The number of benzene rings is 6. The molecule has 9 aliphatic rings. The summed E-state index contributed by atoms with van der Waals surface area (Å²) in [6.45, 7) is 32.8. The largest absolute Gasteiger partial charge is 1.00 e. The number of nitrogens with one attached hydrogen (secondary N) is 1. The first-order valence-electron chi connectivity index (χ1n) is 50.5. The number of Topliss-reactive ketones (excluding diaryl/α,β-unsaturated/α-hetero) is 4. The van der Waals surface area contributed by atoms with Crippen LogP contribution in [0, 0.1) is 22.9 Å². The minimum absolute atomic E-state index is 0. The van der Waals surface area contributed by atoms with Crippen molar-refractivity contribution in [2.75, 3.05) is 175 Å². The van der Waals surface area contributed by atoms with E-state index in [0.717, 1.165) is 169 Å². The monoisotopic (exact) mass is 2120 g/mol. The molecule has 0 saturated carbocycles. The summed E-state index contributed by atoms with van der Waals surface area (Å²) in [5.41, 5.74) is 14.0. The summed E-state index contributed by atoms with van der Waals surface area (Å²) in [4.78, 5) is 84.5. The predicted octanol–water partition coefficient (Wildman–Crippen LogP) is 11.3. The van der Waals surface area contributed by atoms with Gasteiger partial charge in [0.2, 0.25) is 5.91 Å². The summed E-state index contributed by atoms with van der Waals surface area (Å²) >= 11 is 0. The van der Waals surface area contributed by atoms with Crippen LogP contribution in [0.5, 0.6) is 0 Å². The number of likely N-dealkylation sites (tertiary alicyclic amines) is 3. The normalized spacial score (nSPS) is 21.4. The summed E-state index contributed by atoms with van der Waals surface area (Å²) in [7, 11) is 6.50. The van der Waals surface area contributed by atoms with Gasteiger partial charge in [-0.3, -0.25) is 28.8 Å². The first-order chi connectivity index (χ1) is 63.5. The first-order valence-corrected chi connectivity index (χ1v) is 50.5. The summed E-state index contributed by atoms with van der Waals surface area (Å²) < 4.78 is 46.2. The van der Waals surface area contributed by atoms with Crippen molar-refractivity contribution in [2.45, 2.75) is 284 Å². The Labute approximate surface area is 847 Å². The van der Waals surface area contributed by atoms with E-state index in [9.17, 15) is 57.3 Å². The van der Waals surface area contributed by atoms with Gasteiger partial charge in [0.15, 0.2) is 37.5 Å². The second kappa shape index (κ2) is 56.5. The van der Waals surface area contributed by atoms with Crippen molar-refractivity contribution in [1.29, 1.82) is 0 Å². The number of piperidine rings is 3. The van der Waals surface area contributed by atoms with Crippen LogP contribution >= 0.6 is 0 Å². The highest BCUT2D eigenvalue weighted by atomic mass is 127. The number of hydrogen-bond acceptors (Lipinski definition) is 16. The molecule has 3 unspecified atom stereocenters. The Morgan fingerprint density at radius 3 is 0.985 bits per heavy atom. The van der Waals surface area contributed by atoms with Gasteiger partial charge in [0.05, 0.1) is 111 Å². The molecule has 9 aliphatic heterocycles. The van der Waals surface area contributed by atoms with E-state index in [0.29, 0.717) is 91.1 Å². The Bertz CT molecular complexity index is 4280. The van der Waals surface area contributed by atoms with E-state index in [1.807, 2.05) is 13.8 Å². The van der Waals surface area contributed by atoms with Gasteiger partial charge in [0.1, 0.15) is 29.3 Å². The predicted molar refractivity (Wildman–Crippen MR) is 529 cm³/mol. The maximum Gasteiger partial charge on any atom is 0.302 e. The Hall–Kier alpha value is -6.96. The Kier molecular flexibility index (Phi) is 48.1. The Morgan fingerprint density at radius 2 is 0.719 bits per heavy atom. The van der Waals surface area contributed by atoms with Crippen molar-refractivity contribution in [2.24, 2.45) is 5.41 Å². The number of ether oxygens (including phenoxy) is 1. The number of amides is 1. The maximum absolute atomic E-state index is 13.1. The second-order valence-electron chi connectivity index (χ2n) is 40.0. The second-order valence-corrected chi connectivity index (χ2v) is 40.0. The molecule has 0 bridgehead atoms. The number of aliphatic hydroxyl groups excluding tert-OH is 3. The molecular formula is C109H162ClF3I2N10O10. The third-order valence-electron chi connectivity index (χ3n) is 30.3. The standard InChI is InChI=1S/3C25H31FN3O2.C19H38O.C8H17NO.C7H14O2.ClH.2HI/c3*1-27-12-13-28-22-11-15-29(17-30,16-21(22)20-4-2-5-23(27)25(20)28)14-3-6-24(31)18-7-9-19(26)10-8-18;1-5-6-7-8-9-10-11-12-13-14-15-16-17-19(3,4)18(2)20;1-3-4-5-6-7-9-8(2)10;1-4-7(5-2)9-6(3)8;;;/h3*2,4-5,7-10,21-22,30H,3,6,11-17H2,1H3;5-17H2,1-4H3;3-7H2,1-2H3,(H,9,10);7H,4-5H2,1-3H3;3*1H/q3*+1;;;;;;/p-3/t3*21-,22-,29?;;;;;;/m000....../s1. The third kappa shape index (κ3) is 31.5. The minimum atomic E-state index is -0.326. The topological polar surface area (TPSA) is 204 Å². The van der Waals surface area contributed by atoms with Gasteiger partial charge in [0.25, 0.3) is 0 Å².